The highest BCUT2D eigenvalue weighted by Crippen LogP contribution is 2.47. The maximum absolute atomic E-state index is 11.9. The molecular weight excluding hydrogens is 254 g/mol. The molecule has 0 spiro atoms. The summed E-state index contributed by atoms with van der Waals surface area (Å²) in [5.74, 6) is 1.37. The van der Waals surface area contributed by atoms with E-state index in [-0.39, 0.29) is 24.5 Å². The summed E-state index contributed by atoms with van der Waals surface area (Å²) < 4.78 is 34.2. The average molecular weight is 269 g/mol. The number of fused-ring (bicyclic) bond motifs is 1. The van der Waals surface area contributed by atoms with Gasteiger partial charge < -0.3 is 15.2 Å². The average Bonchev–Trinajstić information content (AvgIpc) is 2.84. The van der Waals surface area contributed by atoms with Gasteiger partial charge in [0.05, 0.1) is 5.25 Å². The molecule has 5 nitrogen and oxygen atoms in total. The van der Waals surface area contributed by atoms with Gasteiger partial charge in [-0.05, 0) is 17.7 Å². The summed E-state index contributed by atoms with van der Waals surface area (Å²) in [6, 6.07) is 5.19. The second-order valence-electron chi connectivity index (χ2n) is 4.63. The number of benzene rings is 1. The molecule has 1 aromatic carbocycles. The summed E-state index contributed by atoms with van der Waals surface area (Å²) in [7, 11) is -3.08. The first-order valence-electron chi connectivity index (χ1n) is 5.91. The third-order valence-electron chi connectivity index (χ3n) is 3.61. The van der Waals surface area contributed by atoms with E-state index in [1.54, 1.807) is 13.0 Å². The van der Waals surface area contributed by atoms with Crippen molar-refractivity contribution in [3.63, 3.8) is 0 Å². The van der Waals surface area contributed by atoms with Crippen LogP contribution in [0.25, 0.3) is 0 Å². The van der Waals surface area contributed by atoms with Crippen molar-refractivity contribution in [1.82, 2.24) is 0 Å². The van der Waals surface area contributed by atoms with E-state index >= 15 is 0 Å². The highest BCUT2D eigenvalue weighted by molar-refractivity contribution is 7.92. The fourth-order valence-corrected chi connectivity index (χ4v) is 4.22. The Morgan fingerprint density at radius 1 is 1.33 bits per heavy atom. The molecule has 0 bridgehead atoms. The normalized spacial score (nSPS) is 29.3. The van der Waals surface area contributed by atoms with E-state index in [1.807, 2.05) is 12.1 Å². The summed E-state index contributed by atoms with van der Waals surface area (Å²) in [5, 5.41) is -0.456. The zero-order valence-electron chi connectivity index (χ0n) is 10.00. The van der Waals surface area contributed by atoms with Crippen molar-refractivity contribution in [3.05, 3.63) is 23.8 Å². The Morgan fingerprint density at radius 2 is 2.06 bits per heavy atom. The van der Waals surface area contributed by atoms with Crippen molar-refractivity contribution in [1.29, 1.82) is 0 Å². The number of hydrogen-bond donors (Lipinski definition) is 1. The molecule has 1 aliphatic heterocycles. The summed E-state index contributed by atoms with van der Waals surface area (Å²) in [4.78, 5) is 0. The number of rotatable bonds is 3. The van der Waals surface area contributed by atoms with E-state index in [1.165, 1.54) is 0 Å². The molecule has 2 N–H and O–H groups in total. The first-order valence-corrected chi connectivity index (χ1v) is 7.63. The molecule has 0 aromatic heterocycles. The van der Waals surface area contributed by atoms with Crippen LogP contribution in [-0.2, 0) is 9.84 Å². The zero-order valence-corrected chi connectivity index (χ0v) is 10.8. The largest absolute Gasteiger partial charge is 0.454 e. The Labute approximate surface area is 106 Å². The predicted octanol–water partition coefficient (Wildman–Crippen LogP) is 0.643. The molecule has 1 aliphatic carbocycles. The van der Waals surface area contributed by atoms with E-state index in [4.69, 9.17) is 15.2 Å². The topological polar surface area (TPSA) is 78.6 Å². The van der Waals surface area contributed by atoms with E-state index in [0.29, 0.717) is 11.5 Å². The van der Waals surface area contributed by atoms with Gasteiger partial charge in [0.25, 0.3) is 0 Å². The summed E-state index contributed by atoms with van der Waals surface area (Å²) in [5.41, 5.74) is 6.81. The first-order chi connectivity index (χ1) is 8.54. The van der Waals surface area contributed by atoms with E-state index in [2.05, 4.69) is 0 Å². The quantitative estimate of drug-likeness (QED) is 0.871. The van der Waals surface area contributed by atoms with E-state index < -0.39 is 15.1 Å². The zero-order chi connectivity index (χ0) is 12.9. The number of ether oxygens (including phenoxy) is 2. The Morgan fingerprint density at radius 3 is 2.78 bits per heavy atom. The van der Waals surface area contributed by atoms with Crippen molar-refractivity contribution in [2.75, 3.05) is 12.5 Å². The fraction of sp³-hybridized carbons (Fsp3) is 0.500. The van der Waals surface area contributed by atoms with Gasteiger partial charge in [0.2, 0.25) is 6.79 Å². The fourth-order valence-electron chi connectivity index (χ4n) is 2.49. The predicted molar refractivity (Wildman–Crippen MR) is 66.5 cm³/mol. The molecule has 1 aromatic rings. The molecule has 1 fully saturated rings. The number of hydrogen-bond acceptors (Lipinski definition) is 5. The van der Waals surface area contributed by atoms with Crippen molar-refractivity contribution in [3.8, 4) is 11.5 Å². The molecule has 3 rings (SSSR count). The molecular formula is C12H15NO4S. The SMILES string of the molecule is CCS(=O)(=O)[C@@H]1[C@H](N)[C@H]1c1ccc2c(c1)OCO2. The molecule has 2 aliphatic rings. The van der Waals surface area contributed by atoms with Crippen LogP contribution >= 0.6 is 0 Å². The smallest absolute Gasteiger partial charge is 0.231 e. The van der Waals surface area contributed by atoms with Gasteiger partial charge in [-0.3, -0.25) is 0 Å². The second-order valence-corrected chi connectivity index (χ2v) is 7.08. The van der Waals surface area contributed by atoms with Gasteiger partial charge >= 0.3 is 0 Å². The molecule has 6 heteroatoms. The Hall–Kier alpha value is -1.27. The summed E-state index contributed by atoms with van der Waals surface area (Å²) in [6.45, 7) is 1.86. The van der Waals surface area contributed by atoms with Crippen LogP contribution < -0.4 is 15.2 Å². The lowest BCUT2D eigenvalue weighted by Gasteiger charge is -2.02. The second kappa shape index (κ2) is 3.86. The first kappa shape index (κ1) is 11.8. The van der Waals surface area contributed by atoms with Gasteiger partial charge in [-0.1, -0.05) is 13.0 Å². The minimum Gasteiger partial charge on any atom is -0.454 e. The molecule has 1 heterocycles. The van der Waals surface area contributed by atoms with Gasteiger partial charge in [-0.2, -0.15) is 0 Å². The molecule has 98 valence electrons. The van der Waals surface area contributed by atoms with Crippen LogP contribution in [0, 0.1) is 0 Å². The van der Waals surface area contributed by atoms with Crippen LogP contribution in [0.2, 0.25) is 0 Å². The lowest BCUT2D eigenvalue weighted by atomic mass is 10.1. The Kier molecular flexibility index (Phi) is 2.53. The van der Waals surface area contributed by atoms with Gasteiger partial charge in [0.15, 0.2) is 21.3 Å². The molecule has 3 atom stereocenters. The lowest BCUT2D eigenvalue weighted by Crippen LogP contribution is -2.17. The van der Waals surface area contributed by atoms with Gasteiger partial charge in [-0.15, -0.1) is 0 Å². The molecule has 18 heavy (non-hydrogen) atoms. The third kappa shape index (κ3) is 1.67. The van der Waals surface area contributed by atoms with Crippen molar-refractivity contribution in [2.24, 2.45) is 5.73 Å². The monoisotopic (exact) mass is 269 g/mol. The number of sulfone groups is 1. The van der Waals surface area contributed by atoms with E-state index in [0.717, 1.165) is 5.56 Å². The number of nitrogens with two attached hydrogens (primary N) is 1. The van der Waals surface area contributed by atoms with Crippen LogP contribution in [0.3, 0.4) is 0 Å². The Balaban J connectivity index is 1.89. The van der Waals surface area contributed by atoms with Crippen molar-refractivity contribution in [2.45, 2.75) is 24.1 Å². The molecule has 0 radical (unpaired) electrons. The molecule has 0 saturated heterocycles. The molecule has 0 unspecified atom stereocenters. The molecule has 0 amide bonds. The highest BCUT2D eigenvalue weighted by atomic mass is 32.2. The van der Waals surface area contributed by atoms with Crippen molar-refractivity contribution >= 4 is 9.84 Å². The maximum atomic E-state index is 11.9. The third-order valence-corrected chi connectivity index (χ3v) is 5.85. The van der Waals surface area contributed by atoms with Gasteiger partial charge in [0, 0.05) is 17.7 Å². The Bertz CT molecular complexity index is 584. The lowest BCUT2D eigenvalue weighted by molar-refractivity contribution is 0.174. The van der Waals surface area contributed by atoms with Crippen LogP contribution in [0.1, 0.15) is 18.4 Å². The summed E-state index contributed by atoms with van der Waals surface area (Å²) in [6.07, 6.45) is 0. The van der Waals surface area contributed by atoms with Crippen LogP contribution in [0.4, 0.5) is 0 Å². The highest BCUT2D eigenvalue weighted by Gasteiger charge is 2.56. The maximum Gasteiger partial charge on any atom is 0.231 e. The minimum atomic E-state index is -3.08. The molecule has 1 saturated carbocycles. The van der Waals surface area contributed by atoms with Crippen LogP contribution in [0.5, 0.6) is 11.5 Å². The van der Waals surface area contributed by atoms with Crippen LogP contribution in [0.15, 0.2) is 18.2 Å². The van der Waals surface area contributed by atoms with Gasteiger partial charge in [-0.25, -0.2) is 8.42 Å². The van der Waals surface area contributed by atoms with Gasteiger partial charge in [0.1, 0.15) is 0 Å². The minimum absolute atomic E-state index is 0.121. The summed E-state index contributed by atoms with van der Waals surface area (Å²) >= 11 is 0. The van der Waals surface area contributed by atoms with Crippen molar-refractivity contribution < 1.29 is 17.9 Å². The van der Waals surface area contributed by atoms with Crippen LogP contribution in [-0.4, -0.2) is 32.3 Å². The van der Waals surface area contributed by atoms with E-state index in [9.17, 15) is 8.42 Å². The standard InChI is InChI=1S/C12H15NO4S/c1-2-18(14,15)12-10(11(12)13)7-3-4-8-9(5-7)17-6-16-8/h3-5,10-12H,2,6,13H2,1H3/t10-,11-,12+/m1/s1.